The van der Waals surface area contributed by atoms with Crippen LogP contribution in [-0.4, -0.2) is 98.5 Å². The van der Waals surface area contributed by atoms with E-state index < -0.39 is 0 Å². The van der Waals surface area contributed by atoms with Crippen molar-refractivity contribution in [2.75, 3.05) is 0 Å². The van der Waals surface area contributed by atoms with Crippen LogP contribution in [0.25, 0.3) is 0 Å². The zero-order valence-corrected chi connectivity index (χ0v) is 9.18. The molecule has 0 amide bonds. The molecule has 6 heavy (non-hydrogen) atoms. The summed E-state index contributed by atoms with van der Waals surface area (Å²) in [6.07, 6.45) is 0. The Morgan fingerprint density at radius 1 is 0.500 bits per heavy atom. The molecule has 6 heteroatoms. The van der Waals surface area contributed by atoms with Crippen molar-refractivity contribution < 1.29 is 16.4 Å². The van der Waals surface area contributed by atoms with Gasteiger partial charge in [-0.05, 0) is 0 Å². The predicted molar refractivity (Wildman–Crippen MR) is 19.3 cm³/mol. The van der Waals surface area contributed by atoms with Crippen LogP contribution < -0.4 is 0 Å². The van der Waals surface area contributed by atoms with Crippen molar-refractivity contribution in [1.29, 1.82) is 0 Å². The van der Waals surface area contributed by atoms with Gasteiger partial charge in [0, 0.05) is 0 Å². The molecule has 0 rings (SSSR count). The minimum atomic E-state index is 0. The zero-order valence-electron chi connectivity index (χ0n) is 3.35. The van der Waals surface area contributed by atoms with Gasteiger partial charge in [0.05, 0.1) is 0 Å². The third kappa shape index (κ3) is 27.2. The molecule has 0 saturated heterocycles. The van der Waals surface area contributed by atoms with Crippen LogP contribution in [0.3, 0.4) is 0 Å². The maximum absolute atomic E-state index is 0. The van der Waals surface area contributed by atoms with Gasteiger partial charge in [-0.25, -0.2) is 0 Å². The van der Waals surface area contributed by atoms with E-state index >= 15 is 0 Å². The van der Waals surface area contributed by atoms with Crippen LogP contribution in [0.15, 0.2) is 0 Å². The fourth-order valence-corrected chi connectivity index (χ4v) is 0. The summed E-state index contributed by atoms with van der Waals surface area (Å²) in [7, 11) is 0. The zero-order chi connectivity index (χ0) is 0. The first-order chi connectivity index (χ1) is 0. The van der Waals surface area contributed by atoms with Gasteiger partial charge in [-0.3, -0.25) is 0 Å². The van der Waals surface area contributed by atoms with E-state index in [1.54, 1.807) is 0 Å². The predicted octanol–water partition coefficient (Wildman–Crippen LogP) is -1.50. The molecule has 24 valence electrons. The average molecular weight is 152 g/mol. The van der Waals surface area contributed by atoms with E-state index in [0.29, 0.717) is 0 Å². The molecule has 0 unspecified atom stereocenters. The monoisotopic (exact) mass is 152 g/mol. The molecule has 0 aliphatic rings. The first-order valence-corrected chi connectivity index (χ1v) is 0. The summed E-state index contributed by atoms with van der Waals surface area (Å²) in [5.41, 5.74) is 0. The van der Waals surface area contributed by atoms with Gasteiger partial charge in [0.1, 0.15) is 0 Å². The van der Waals surface area contributed by atoms with E-state index in [0.717, 1.165) is 0 Å². The molecule has 0 saturated carbocycles. The van der Waals surface area contributed by atoms with E-state index in [2.05, 4.69) is 0 Å². The van der Waals surface area contributed by atoms with E-state index in [-0.39, 0.29) is 115 Å². The van der Waals surface area contributed by atoms with Gasteiger partial charge in [-0.2, -0.15) is 0 Å². The standard InChI is InChI=1S/2Ca.Mg.3O/q3*+2;3*-2. The molecule has 0 radical (unpaired) electrons. The maximum Gasteiger partial charge on any atom is 2.00 e. The fraction of sp³-hybridized carbons (Fsp3) is 0. The molecular formula is Ca2MgO3. The van der Waals surface area contributed by atoms with Gasteiger partial charge in [0.2, 0.25) is 0 Å². The summed E-state index contributed by atoms with van der Waals surface area (Å²) in [5.74, 6) is 0. The van der Waals surface area contributed by atoms with Crippen LogP contribution in [0, 0.1) is 0 Å². The van der Waals surface area contributed by atoms with Crippen molar-refractivity contribution >= 4 is 98.5 Å². The summed E-state index contributed by atoms with van der Waals surface area (Å²) >= 11 is 0. The van der Waals surface area contributed by atoms with E-state index in [9.17, 15) is 0 Å². The van der Waals surface area contributed by atoms with Crippen LogP contribution in [0.4, 0.5) is 0 Å². The summed E-state index contributed by atoms with van der Waals surface area (Å²) in [6, 6.07) is 0. The normalized spacial score (nSPS) is 0. The van der Waals surface area contributed by atoms with Crippen molar-refractivity contribution in [2.24, 2.45) is 0 Å². The van der Waals surface area contributed by atoms with Crippen LogP contribution in [0.2, 0.25) is 0 Å². The van der Waals surface area contributed by atoms with Crippen molar-refractivity contribution in [3.8, 4) is 0 Å². The smallest absolute Gasteiger partial charge is 2.00 e. The molecule has 0 N–H and O–H groups in total. The average Bonchev–Trinajstić information content (AvgIpc) is 0. The fourth-order valence-electron chi connectivity index (χ4n) is 0. The van der Waals surface area contributed by atoms with Gasteiger partial charge >= 0.3 is 98.5 Å². The van der Waals surface area contributed by atoms with Crippen molar-refractivity contribution in [2.45, 2.75) is 0 Å². The van der Waals surface area contributed by atoms with Crippen LogP contribution >= 0.6 is 0 Å². The third-order valence-electron chi connectivity index (χ3n) is 0. The maximum atomic E-state index is 0. The first kappa shape index (κ1) is 61.0. The van der Waals surface area contributed by atoms with Gasteiger partial charge < -0.3 is 16.4 Å². The molecule has 0 aromatic carbocycles. The quantitative estimate of drug-likeness (QED) is 0.379. The Morgan fingerprint density at radius 3 is 0.500 bits per heavy atom. The van der Waals surface area contributed by atoms with Crippen LogP contribution in [0.1, 0.15) is 0 Å². The SMILES string of the molecule is [Ca+2].[Ca+2].[Mg+2].[O-2].[O-2].[O-2]. The van der Waals surface area contributed by atoms with E-state index in [1.165, 1.54) is 0 Å². The van der Waals surface area contributed by atoms with Crippen LogP contribution in [-0.2, 0) is 16.4 Å². The summed E-state index contributed by atoms with van der Waals surface area (Å²) in [5, 5.41) is 0. The molecule has 0 aromatic heterocycles. The summed E-state index contributed by atoms with van der Waals surface area (Å²) < 4.78 is 0. The van der Waals surface area contributed by atoms with Crippen molar-refractivity contribution in [3.05, 3.63) is 0 Å². The second-order valence-corrected chi connectivity index (χ2v) is 0. The second-order valence-electron chi connectivity index (χ2n) is 0. The molecule has 0 heterocycles. The molecular weight excluding hydrogens is 152 g/mol. The molecule has 0 fully saturated rings. The number of rotatable bonds is 0. The van der Waals surface area contributed by atoms with Crippen molar-refractivity contribution in [1.82, 2.24) is 0 Å². The van der Waals surface area contributed by atoms with E-state index in [4.69, 9.17) is 0 Å². The van der Waals surface area contributed by atoms with Gasteiger partial charge in [0.15, 0.2) is 0 Å². The van der Waals surface area contributed by atoms with Gasteiger partial charge in [0.25, 0.3) is 0 Å². The molecule has 0 spiro atoms. The summed E-state index contributed by atoms with van der Waals surface area (Å²) in [6.45, 7) is 0. The van der Waals surface area contributed by atoms with Gasteiger partial charge in [-0.15, -0.1) is 0 Å². The van der Waals surface area contributed by atoms with Crippen molar-refractivity contribution in [3.63, 3.8) is 0 Å². The Kier molecular flexibility index (Phi) is 425. The Balaban J connectivity index is 0. The minimum Gasteiger partial charge on any atom is -2.00 e. The van der Waals surface area contributed by atoms with Gasteiger partial charge in [-0.1, -0.05) is 0 Å². The topological polar surface area (TPSA) is 85.5 Å². The Labute approximate surface area is 112 Å². The molecule has 0 aliphatic heterocycles. The molecule has 0 atom stereocenters. The van der Waals surface area contributed by atoms with E-state index in [1.807, 2.05) is 0 Å². The van der Waals surface area contributed by atoms with Crippen LogP contribution in [0.5, 0.6) is 0 Å². The third-order valence-corrected chi connectivity index (χ3v) is 0. The Bertz CT molecular complexity index is 8.75. The molecule has 0 bridgehead atoms. The number of hydrogen-bond donors (Lipinski definition) is 0. The number of hydrogen-bond acceptors (Lipinski definition) is 0. The molecule has 3 nitrogen and oxygen atoms in total. The second kappa shape index (κ2) is 41.8. The Hall–Kier alpha value is 3.17. The Morgan fingerprint density at radius 2 is 0.500 bits per heavy atom. The molecule has 0 aromatic rings. The first-order valence-electron chi connectivity index (χ1n) is 0. The summed E-state index contributed by atoms with van der Waals surface area (Å²) in [4.78, 5) is 0. The molecule has 0 aliphatic carbocycles. The largest absolute Gasteiger partial charge is 2.00 e. The minimum absolute atomic E-state index is 0.